The van der Waals surface area contributed by atoms with Gasteiger partial charge in [-0.3, -0.25) is 0 Å². The molecule has 0 aliphatic heterocycles. The van der Waals surface area contributed by atoms with E-state index >= 15 is 0 Å². The van der Waals surface area contributed by atoms with E-state index in [0.29, 0.717) is 22.6 Å². The van der Waals surface area contributed by atoms with Crippen LogP contribution in [0, 0.1) is 0 Å². The number of methoxy groups -OCH3 is 2. The first-order valence-electron chi connectivity index (χ1n) is 5.82. The van der Waals surface area contributed by atoms with E-state index in [4.69, 9.17) is 14.6 Å². The minimum atomic E-state index is -3.87. The molecular formula is C14H15NO4S. The van der Waals surface area contributed by atoms with Gasteiger partial charge < -0.3 is 9.47 Å². The first kappa shape index (κ1) is 14.4. The second kappa shape index (κ2) is 5.52. The molecule has 0 radical (unpaired) electrons. The maximum atomic E-state index is 11.8. The number of hydrogen-bond donors (Lipinski definition) is 1. The van der Waals surface area contributed by atoms with Crippen LogP contribution in [0.1, 0.15) is 0 Å². The minimum Gasteiger partial charge on any atom is -0.493 e. The van der Waals surface area contributed by atoms with E-state index in [1.54, 1.807) is 24.3 Å². The van der Waals surface area contributed by atoms with Gasteiger partial charge in [-0.2, -0.15) is 0 Å². The van der Waals surface area contributed by atoms with Gasteiger partial charge in [-0.25, -0.2) is 13.6 Å². The number of primary sulfonamides is 1. The highest BCUT2D eigenvalue weighted by Crippen LogP contribution is 2.41. The van der Waals surface area contributed by atoms with E-state index in [9.17, 15) is 8.42 Å². The van der Waals surface area contributed by atoms with Crippen LogP contribution in [0.25, 0.3) is 11.1 Å². The lowest BCUT2D eigenvalue weighted by Gasteiger charge is -2.16. The molecule has 2 aromatic carbocycles. The van der Waals surface area contributed by atoms with Crippen LogP contribution in [-0.4, -0.2) is 22.6 Å². The molecule has 0 aromatic heterocycles. The summed E-state index contributed by atoms with van der Waals surface area (Å²) in [5.74, 6) is 0.781. The summed E-state index contributed by atoms with van der Waals surface area (Å²) in [5.41, 5.74) is 1.09. The Labute approximate surface area is 118 Å². The zero-order valence-electron chi connectivity index (χ0n) is 11.2. The van der Waals surface area contributed by atoms with Crippen LogP contribution in [-0.2, 0) is 10.0 Å². The van der Waals surface area contributed by atoms with Gasteiger partial charge in [-0.05, 0) is 17.7 Å². The number of nitrogens with two attached hydrogens (primary N) is 1. The molecule has 0 atom stereocenters. The van der Waals surface area contributed by atoms with Crippen molar-refractivity contribution >= 4 is 10.0 Å². The Kier molecular flexibility index (Phi) is 3.96. The Hall–Kier alpha value is -2.05. The fraction of sp³-hybridized carbons (Fsp3) is 0.143. The van der Waals surface area contributed by atoms with E-state index < -0.39 is 10.0 Å². The van der Waals surface area contributed by atoms with Crippen LogP contribution >= 0.6 is 0 Å². The predicted octanol–water partition coefficient (Wildman–Crippen LogP) is 2.02. The molecule has 0 amide bonds. The normalized spacial score (nSPS) is 11.2. The van der Waals surface area contributed by atoms with Crippen LogP contribution in [0.5, 0.6) is 11.5 Å². The third-order valence-electron chi connectivity index (χ3n) is 2.88. The van der Waals surface area contributed by atoms with Gasteiger partial charge >= 0.3 is 0 Å². The summed E-state index contributed by atoms with van der Waals surface area (Å²) < 4.78 is 34.1. The molecule has 0 heterocycles. The van der Waals surface area contributed by atoms with Crippen LogP contribution in [0.3, 0.4) is 0 Å². The average molecular weight is 293 g/mol. The van der Waals surface area contributed by atoms with Crippen LogP contribution in [0.4, 0.5) is 0 Å². The molecule has 0 aliphatic carbocycles. The van der Waals surface area contributed by atoms with Crippen LogP contribution in [0.2, 0.25) is 0 Å². The lowest BCUT2D eigenvalue weighted by atomic mass is 10.0. The number of ether oxygens (including phenoxy) is 2. The van der Waals surface area contributed by atoms with Gasteiger partial charge in [0.15, 0.2) is 11.5 Å². The van der Waals surface area contributed by atoms with Crippen molar-refractivity contribution in [2.45, 2.75) is 4.90 Å². The molecule has 2 rings (SSSR count). The fourth-order valence-electron chi connectivity index (χ4n) is 2.02. The first-order chi connectivity index (χ1) is 9.49. The summed E-state index contributed by atoms with van der Waals surface area (Å²) in [7, 11) is -0.930. The van der Waals surface area contributed by atoms with Crippen molar-refractivity contribution in [2.24, 2.45) is 5.14 Å². The topological polar surface area (TPSA) is 78.6 Å². The lowest BCUT2D eigenvalue weighted by molar-refractivity contribution is 0.355. The summed E-state index contributed by atoms with van der Waals surface area (Å²) >= 11 is 0. The first-order valence-corrected chi connectivity index (χ1v) is 7.37. The number of hydrogen-bond acceptors (Lipinski definition) is 4. The zero-order chi connectivity index (χ0) is 14.8. The Morgan fingerprint density at radius 1 is 0.950 bits per heavy atom. The van der Waals surface area contributed by atoms with Gasteiger partial charge in [0.25, 0.3) is 0 Å². The van der Waals surface area contributed by atoms with Gasteiger partial charge in [0.1, 0.15) is 0 Å². The molecule has 0 saturated heterocycles. The quantitative estimate of drug-likeness (QED) is 0.935. The number of benzene rings is 2. The summed E-state index contributed by atoms with van der Waals surface area (Å²) in [4.78, 5) is 0.00125. The van der Waals surface area contributed by atoms with E-state index in [1.807, 2.05) is 6.07 Å². The second-order valence-electron chi connectivity index (χ2n) is 4.09. The third kappa shape index (κ3) is 2.61. The largest absolute Gasteiger partial charge is 0.493 e. The van der Waals surface area contributed by atoms with Gasteiger partial charge in [0.05, 0.1) is 19.1 Å². The highest BCUT2D eigenvalue weighted by atomic mass is 32.2. The van der Waals surface area contributed by atoms with Gasteiger partial charge in [0, 0.05) is 5.56 Å². The van der Waals surface area contributed by atoms with Gasteiger partial charge in [-0.15, -0.1) is 0 Å². The van der Waals surface area contributed by atoms with Crippen LogP contribution < -0.4 is 14.6 Å². The highest BCUT2D eigenvalue weighted by molar-refractivity contribution is 7.89. The SMILES string of the molecule is COc1ccc(S(N)(=O)=O)c(-c2ccccc2)c1OC. The molecule has 20 heavy (non-hydrogen) atoms. The molecule has 0 unspecified atom stereocenters. The molecule has 0 aliphatic rings. The van der Waals surface area contributed by atoms with Gasteiger partial charge in [-0.1, -0.05) is 30.3 Å². The van der Waals surface area contributed by atoms with Crippen molar-refractivity contribution in [3.8, 4) is 22.6 Å². The lowest BCUT2D eigenvalue weighted by Crippen LogP contribution is -2.14. The standard InChI is InChI=1S/C14H15NO4S/c1-18-11-8-9-12(20(15,16)17)13(14(11)19-2)10-6-4-3-5-7-10/h3-9H,1-2H3,(H2,15,16,17). The summed E-state index contributed by atoms with van der Waals surface area (Å²) in [5, 5.41) is 5.29. The van der Waals surface area contributed by atoms with E-state index in [2.05, 4.69) is 0 Å². The van der Waals surface area contributed by atoms with Crippen molar-refractivity contribution in [2.75, 3.05) is 14.2 Å². The maximum absolute atomic E-state index is 11.8. The Morgan fingerprint density at radius 2 is 1.60 bits per heavy atom. The highest BCUT2D eigenvalue weighted by Gasteiger charge is 2.22. The third-order valence-corrected chi connectivity index (χ3v) is 3.83. The summed E-state index contributed by atoms with van der Waals surface area (Å²) in [6, 6.07) is 12.0. The Morgan fingerprint density at radius 3 is 2.10 bits per heavy atom. The minimum absolute atomic E-state index is 0.00125. The smallest absolute Gasteiger partial charge is 0.238 e. The van der Waals surface area contributed by atoms with E-state index in [1.165, 1.54) is 26.4 Å². The van der Waals surface area contributed by atoms with Crippen molar-refractivity contribution < 1.29 is 17.9 Å². The molecule has 2 N–H and O–H groups in total. The number of rotatable bonds is 4. The Balaban J connectivity index is 2.86. The number of sulfonamides is 1. The summed E-state index contributed by atoms with van der Waals surface area (Å²) in [6.45, 7) is 0. The van der Waals surface area contributed by atoms with Crippen molar-refractivity contribution in [1.82, 2.24) is 0 Å². The van der Waals surface area contributed by atoms with Gasteiger partial charge in [0.2, 0.25) is 10.0 Å². The second-order valence-corrected chi connectivity index (χ2v) is 5.62. The molecule has 6 heteroatoms. The molecule has 0 bridgehead atoms. The summed E-state index contributed by atoms with van der Waals surface area (Å²) in [6.07, 6.45) is 0. The van der Waals surface area contributed by atoms with Crippen molar-refractivity contribution in [3.05, 3.63) is 42.5 Å². The maximum Gasteiger partial charge on any atom is 0.238 e. The zero-order valence-corrected chi connectivity index (χ0v) is 12.0. The Bertz CT molecular complexity index is 711. The molecule has 106 valence electrons. The van der Waals surface area contributed by atoms with E-state index in [-0.39, 0.29) is 4.90 Å². The van der Waals surface area contributed by atoms with E-state index in [0.717, 1.165) is 0 Å². The van der Waals surface area contributed by atoms with Crippen LogP contribution in [0.15, 0.2) is 47.4 Å². The predicted molar refractivity (Wildman–Crippen MR) is 76.4 cm³/mol. The molecule has 0 fully saturated rings. The monoisotopic (exact) mass is 293 g/mol. The molecule has 0 saturated carbocycles. The fourth-order valence-corrected chi connectivity index (χ4v) is 2.78. The molecule has 2 aromatic rings. The molecule has 0 spiro atoms. The molecular weight excluding hydrogens is 278 g/mol. The average Bonchev–Trinajstić information content (AvgIpc) is 2.45. The van der Waals surface area contributed by atoms with Crippen molar-refractivity contribution in [3.63, 3.8) is 0 Å². The molecule has 5 nitrogen and oxygen atoms in total. The van der Waals surface area contributed by atoms with Crippen molar-refractivity contribution in [1.29, 1.82) is 0 Å².